The van der Waals surface area contributed by atoms with Crippen LogP contribution in [0, 0.1) is 0 Å². The van der Waals surface area contributed by atoms with Gasteiger partial charge in [0, 0.05) is 57.0 Å². The maximum atomic E-state index is 12.8. The molecule has 0 aliphatic rings. The highest BCUT2D eigenvalue weighted by atomic mass is 35.5. The summed E-state index contributed by atoms with van der Waals surface area (Å²) in [6.45, 7) is 0.664. The van der Waals surface area contributed by atoms with E-state index in [1.807, 2.05) is 48.5 Å². The first kappa shape index (κ1) is 20.0. The third-order valence-electron chi connectivity index (χ3n) is 5.43. The molecule has 5 nitrogen and oxygen atoms in total. The van der Waals surface area contributed by atoms with Crippen molar-refractivity contribution in [2.24, 2.45) is 0 Å². The SMILES string of the molecule is O=C(Nc1ccncc1)C(=O)c1ccc2c(c1)c1ccccc1n2Cc1ccc(Cl)cc1. The maximum Gasteiger partial charge on any atom is 0.296 e. The quantitative estimate of drug-likeness (QED) is 0.281. The van der Waals surface area contributed by atoms with Gasteiger partial charge in [-0.2, -0.15) is 0 Å². The van der Waals surface area contributed by atoms with E-state index in [-0.39, 0.29) is 0 Å². The van der Waals surface area contributed by atoms with Gasteiger partial charge in [-0.05, 0) is 54.1 Å². The van der Waals surface area contributed by atoms with Gasteiger partial charge in [0.15, 0.2) is 0 Å². The smallest absolute Gasteiger partial charge is 0.296 e. The van der Waals surface area contributed by atoms with Gasteiger partial charge in [-0.1, -0.05) is 41.9 Å². The molecule has 32 heavy (non-hydrogen) atoms. The van der Waals surface area contributed by atoms with Crippen LogP contribution in [0.4, 0.5) is 5.69 Å². The molecule has 0 aliphatic heterocycles. The molecule has 5 aromatic rings. The van der Waals surface area contributed by atoms with Crippen LogP contribution in [0.2, 0.25) is 5.02 Å². The summed E-state index contributed by atoms with van der Waals surface area (Å²) < 4.78 is 2.21. The number of hydrogen-bond donors (Lipinski definition) is 1. The number of ketones is 1. The minimum Gasteiger partial charge on any atom is -0.336 e. The molecule has 0 radical (unpaired) electrons. The fourth-order valence-corrected chi connectivity index (χ4v) is 4.02. The number of Topliss-reactive ketones (excluding diaryl/α,β-unsaturated/α-hetero) is 1. The van der Waals surface area contributed by atoms with Crippen molar-refractivity contribution >= 4 is 50.8 Å². The van der Waals surface area contributed by atoms with Crippen molar-refractivity contribution in [2.75, 3.05) is 5.32 Å². The predicted octanol–water partition coefficient (Wildman–Crippen LogP) is 5.71. The number of amides is 1. The molecule has 0 saturated carbocycles. The van der Waals surface area contributed by atoms with Gasteiger partial charge in [-0.25, -0.2) is 0 Å². The normalized spacial score (nSPS) is 11.0. The van der Waals surface area contributed by atoms with E-state index in [0.717, 1.165) is 27.4 Å². The summed E-state index contributed by atoms with van der Waals surface area (Å²) in [4.78, 5) is 29.2. The largest absolute Gasteiger partial charge is 0.336 e. The van der Waals surface area contributed by atoms with Crippen LogP contribution in [0.3, 0.4) is 0 Å². The molecular formula is C26H18ClN3O2. The number of benzene rings is 3. The Morgan fingerprint density at radius 2 is 1.56 bits per heavy atom. The Hall–Kier alpha value is -3.96. The third kappa shape index (κ3) is 3.74. The topological polar surface area (TPSA) is 64.0 Å². The molecule has 1 amide bonds. The minimum atomic E-state index is -0.680. The fraction of sp³-hybridized carbons (Fsp3) is 0.0385. The molecular weight excluding hydrogens is 422 g/mol. The van der Waals surface area contributed by atoms with Gasteiger partial charge < -0.3 is 9.88 Å². The van der Waals surface area contributed by atoms with Gasteiger partial charge in [-0.15, -0.1) is 0 Å². The van der Waals surface area contributed by atoms with E-state index in [9.17, 15) is 9.59 Å². The number of nitrogens with zero attached hydrogens (tertiary/aromatic N) is 2. The lowest BCUT2D eigenvalue weighted by atomic mass is 10.1. The second-order valence-electron chi connectivity index (χ2n) is 7.48. The molecule has 5 rings (SSSR count). The third-order valence-corrected chi connectivity index (χ3v) is 5.68. The number of nitrogens with one attached hydrogen (secondary N) is 1. The van der Waals surface area contributed by atoms with Crippen LogP contribution >= 0.6 is 11.6 Å². The zero-order valence-electron chi connectivity index (χ0n) is 17.0. The second-order valence-corrected chi connectivity index (χ2v) is 7.92. The number of halogens is 1. The molecule has 3 aromatic carbocycles. The Labute approximate surface area is 189 Å². The lowest BCUT2D eigenvalue weighted by Gasteiger charge is -2.08. The highest BCUT2D eigenvalue weighted by molar-refractivity contribution is 6.46. The number of carbonyl (C=O) groups excluding carboxylic acids is 2. The van der Waals surface area contributed by atoms with Crippen molar-refractivity contribution in [3.8, 4) is 0 Å². The van der Waals surface area contributed by atoms with Crippen LogP contribution in [0.15, 0.2) is 91.3 Å². The first-order valence-corrected chi connectivity index (χ1v) is 10.5. The standard InChI is InChI=1S/C26H18ClN3O2/c27-19-8-5-17(6-9-19)16-30-23-4-2-1-3-21(23)22-15-18(7-10-24(22)30)25(31)26(32)29-20-11-13-28-14-12-20/h1-15H,16H2,(H,28,29,32). The molecule has 0 atom stereocenters. The van der Waals surface area contributed by atoms with E-state index in [1.54, 1.807) is 36.7 Å². The van der Waals surface area contributed by atoms with Gasteiger partial charge in [0.25, 0.3) is 11.7 Å². The summed E-state index contributed by atoms with van der Waals surface area (Å²) in [5.74, 6) is -1.27. The van der Waals surface area contributed by atoms with Gasteiger partial charge in [-0.3, -0.25) is 14.6 Å². The molecule has 0 aliphatic carbocycles. The van der Waals surface area contributed by atoms with Crippen molar-refractivity contribution in [3.05, 3.63) is 107 Å². The van der Waals surface area contributed by atoms with Crippen molar-refractivity contribution in [1.82, 2.24) is 9.55 Å². The van der Waals surface area contributed by atoms with Gasteiger partial charge in [0.2, 0.25) is 0 Å². The van der Waals surface area contributed by atoms with Crippen LogP contribution in [-0.4, -0.2) is 21.2 Å². The lowest BCUT2D eigenvalue weighted by molar-refractivity contribution is -0.112. The van der Waals surface area contributed by atoms with Crippen LogP contribution < -0.4 is 5.32 Å². The van der Waals surface area contributed by atoms with Gasteiger partial charge >= 0.3 is 0 Å². The summed E-state index contributed by atoms with van der Waals surface area (Å²) in [6, 6.07) is 24.5. The van der Waals surface area contributed by atoms with Crippen molar-refractivity contribution < 1.29 is 9.59 Å². The molecule has 0 saturated heterocycles. The number of pyridine rings is 1. The molecule has 0 bridgehead atoms. The number of hydrogen-bond acceptors (Lipinski definition) is 3. The van der Waals surface area contributed by atoms with E-state index < -0.39 is 11.7 Å². The van der Waals surface area contributed by atoms with E-state index in [1.165, 1.54) is 0 Å². The summed E-state index contributed by atoms with van der Waals surface area (Å²) in [6.07, 6.45) is 3.11. The first-order valence-electron chi connectivity index (χ1n) is 10.1. The number of aromatic nitrogens is 2. The molecule has 0 spiro atoms. The summed E-state index contributed by atoms with van der Waals surface area (Å²) in [7, 11) is 0. The van der Waals surface area contributed by atoms with Crippen LogP contribution in [0.1, 0.15) is 15.9 Å². The maximum absolute atomic E-state index is 12.8. The molecule has 2 heterocycles. The second kappa shape index (κ2) is 8.29. The fourth-order valence-electron chi connectivity index (χ4n) is 3.89. The summed E-state index contributed by atoms with van der Waals surface area (Å²) in [5, 5.41) is 5.28. The van der Waals surface area contributed by atoms with Crippen molar-refractivity contribution in [3.63, 3.8) is 0 Å². The Bertz CT molecular complexity index is 1460. The van der Waals surface area contributed by atoms with Crippen LogP contribution in [0.25, 0.3) is 21.8 Å². The van der Waals surface area contributed by atoms with E-state index in [4.69, 9.17) is 11.6 Å². The number of para-hydroxylation sites is 1. The zero-order valence-corrected chi connectivity index (χ0v) is 17.7. The Morgan fingerprint density at radius 3 is 2.34 bits per heavy atom. The Kier molecular flexibility index (Phi) is 5.17. The lowest BCUT2D eigenvalue weighted by Crippen LogP contribution is -2.22. The molecule has 0 unspecified atom stereocenters. The molecule has 2 aromatic heterocycles. The molecule has 6 heteroatoms. The van der Waals surface area contributed by atoms with Crippen LogP contribution in [0.5, 0.6) is 0 Å². The number of anilines is 1. The van der Waals surface area contributed by atoms with E-state index >= 15 is 0 Å². The van der Waals surface area contributed by atoms with Gasteiger partial charge in [0.1, 0.15) is 0 Å². The van der Waals surface area contributed by atoms with E-state index in [2.05, 4.69) is 20.9 Å². The Morgan fingerprint density at radius 1 is 0.844 bits per heavy atom. The number of rotatable bonds is 5. The molecule has 1 N–H and O–H groups in total. The zero-order chi connectivity index (χ0) is 22.1. The number of carbonyl (C=O) groups is 2. The van der Waals surface area contributed by atoms with Crippen LogP contribution in [-0.2, 0) is 11.3 Å². The Balaban J connectivity index is 1.54. The highest BCUT2D eigenvalue weighted by Crippen LogP contribution is 2.31. The predicted molar refractivity (Wildman–Crippen MR) is 127 cm³/mol. The average Bonchev–Trinajstić information content (AvgIpc) is 3.13. The van der Waals surface area contributed by atoms with E-state index in [0.29, 0.717) is 22.8 Å². The molecule has 0 fully saturated rings. The number of fused-ring (bicyclic) bond motifs is 3. The highest BCUT2D eigenvalue weighted by Gasteiger charge is 2.19. The first-order chi connectivity index (χ1) is 15.6. The monoisotopic (exact) mass is 439 g/mol. The summed E-state index contributed by atoms with van der Waals surface area (Å²) >= 11 is 6.03. The van der Waals surface area contributed by atoms with Crippen molar-refractivity contribution in [2.45, 2.75) is 6.54 Å². The minimum absolute atomic E-state index is 0.346. The van der Waals surface area contributed by atoms with Gasteiger partial charge in [0.05, 0.1) is 0 Å². The average molecular weight is 440 g/mol. The molecule has 156 valence electrons. The van der Waals surface area contributed by atoms with Crippen molar-refractivity contribution in [1.29, 1.82) is 0 Å². The summed E-state index contributed by atoms with van der Waals surface area (Å²) in [5.41, 5.74) is 4.04.